The van der Waals surface area contributed by atoms with Crippen LogP contribution in [-0.4, -0.2) is 9.38 Å². The molecule has 6 heteroatoms. The first-order valence-corrected chi connectivity index (χ1v) is 5.94. The number of aryl methyl sites for hydroxylation is 2. The highest BCUT2D eigenvalue weighted by Gasteiger charge is 2.35. The van der Waals surface area contributed by atoms with Crippen molar-refractivity contribution in [3.05, 3.63) is 22.5 Å². The Morgan fingerprint density at radius 1 is 1.25 bits per heavy atom. The molecule has 2 aromatic heterocycles. The van der Waals surface area contributed by atoms with E-state index < -0.39 is 11.9 Å². The van der Waals surface area contributed by atoms with Gasteiger partial charge in [-0.1, -0.05) is 0 Å². The van der Waals surface area contributed by atoms with Gasteiger partial charge in [-0.2, -0.15) is 13.2 Å². The second kappa shape index (κ2) is 3.23. The van der Waals surface area contributed by atoms with Crippen molar-refractivity contribution in [2.24, 2.45) is 0 Å². The lowest BCUT2D eigenvalue weighted by atomic mass is 10.0. The van der Waals surface area contributed by atoms with Crippen molar-refractivity contribution < 1.29 is 13.2 Å². The van der Waals surface area contributed by atoms with Gasteiger partial charge in [-0.25, -0.2) is 4.98 Å². The standard InChI is InChI=1S/C10H9F3N2S/c11-10(12,13)8-5-15-6-3-1-2-4-7(6)16-9(15)14-8/h5H,1-4H2. The SMILES string of the molecule is FC(F)(F)c1cn2c3c(sc2n1)CCCC3. The van der Waals surface area contributed by atoms with Crippen LogP contribution in [-0.2, 0) is 19.0 Å². The van der Waals surface area contributed by atoms with E-state index in [0.717, 1.165) is 37.6 Å². The second-order valence-electron chi connectivity index (χ2n) is 3.96. The maximum Gasteiger partial charge on any atom is 0.434 e. The van der Waals surface area contributed by atoms with E-state index in [4.69, 9.17) is 0 Å². The van der Waals surface area contributed by atoms with Crippen LogP contribution < -0.4 is 0 Å². The molecule has 0 N–H and O–H groups in total. The van der Waals surface area contributed by atoms with Gasteiger partial charge in [-0.15, -0.1) is 11.3 Å². The molecule has 86 valence electrons. The van der Waals surface area contributed by atoms with Crippen molar-refractivity contribution in [1.29, 1.82) is 0 Å². The Balaban J connectivity index is 2.17. The number of hydrogen-bond acceptors (Lipinski definition) is 2. The van der Waals surface area contributed by atoms with Crippen LogP contribution in [0.25, 0.3) is 4.96 Å². The van der Waals surface area contributed by atoms with Gasteiger partial charge in [0.25, 0.3) is 0 Å². The van der Waals surface area contributed by atoms with Crippen molar-refractivity contribution in [2.45, 2.75) is 31.9 Å². The fourth-order valence-corrected chi connectivity index (χ4v) is 3.29. The van der Waals surface area contributed by atoms with Crippen LogP contribution in [0.2, 0.25) is 0 Å². The van der Waals surface area contributed by atoms with Gasteiger partial charge in [0, 0.05) is 16.8 Å². The van der Waals surface area contributed by atoms with Gasteiger partial charge >= 0.3 is 6.18 Å². The molecule has 0 radical (unpaired) electrons. The molecule has 2 aromatic rings. The Labute approximate surface area is 93.7 Å². The predicted octanol–water partition coefficient (Wildman–Crippen LogP) is 3.29. The molecule has 0 atom stereocenters. The normalized spacial score (nSPS) is 16.7. The molecule has 3 rings (SSSR count). The number of imidazole rings is 1. The van der Waals surface area contributed by atoms with E-state index in [0.29, 0.717) is 4.96 Å². The fraction of sp³-hybridized carbons (Fsp3) is 0.500. The van der Waals surface area contributed by atoms with E-state index in [-0.39, 0.29) is 0 Å². The number of thiazole rings is 1. The van der Waals surface area contributed by atoms with Crippen molar-refractivity contribution >= 4 is 16.3 Å². The van der Waals surface area contributed by atoms with Crippen LogP contribution >= 0.6 is 11.3 Å². The van der Waals surface area contributed by atoms with Crippen LogP contribution in [0.5, 0.6) is 0 Å². The summed E-state index contributed by atoms with van der Waals surface area (Å²) in [5, 5.41) is 0. The number of nitrogens with zero attached hydrogens (tertiary/aromatic N) is 2. The Hall–Kier alpha value is -1.04. The minimum absolute atomic E-state index is 0.472. The largest absolute Gasteiger partial charge is 0.434 e. The molecule has 0 amide bonds. The molecule has 2 nitrogen and oxygen atoms in total. The van der Waals surface area contributed by atoms with E-state index in [1.807, 2.05) is 0 Å². The quantitative estimate of drug-likeness (QED) is 0.697. The summed E-state index contributed by atoms with van der Waals surface area (Å²) in [7, 11) is 0. The number of rotatable bonds is 0. The third-order valence-corrected chi connectivity index (χ3v) is 4.02. The number of halogens is 3. The Morgan fingerprint density at radius 3 is 2.75 bits per heavy atom. The Kier molecular flexibility index (Phi) is 2.04. The third kappa shape index (κ3) is 1.43. The maximum absolute atomic E-state index is 12.5. The van der Waals surface area contributed by atoms with E-state index in [1.165, 1.54) is 16.2 Å². The van der Waals surface area contributed by atoms with Gasteiger partial charge in [0.05, 0.1) is 0 Å². The van der Waals surface area contributed by atoms with E-state index >= 15 is 0 Å². The van der Waals surface area contributed by atoms with Crippen molar-refractivity contribution in [3.8, 4) is 0 Å². The monoisotopic (exact) mass is 246 g/mol. The summed E-state index contributed by atoms with van der Waals surface area (Å²) < 4.78 is 39.0. The van der Waals surface area contributed by atoms with Gasteiger partial charge in [0.2, 0.25) is 0 Å². The molecule has 0 saturated carbocycles. The zero-order chi connectivity index (χ0) is 11.3. The van der Waals surface area contributed by atoms with Crippen LogP contribution in [0.4, 0.5) is 13.2 Å². The molecule has 1 aliphatic rings. The number of fused-ring (bicyclic) bond motifs is 3. The summed E-state index contributed by atoms with van der Waals surface area (Å²) in [4.78, 5) is 5.31. The topological polar surface area (TPSA) is 17.3 Å². The minimum Gasteiger partial charge on any atom is -0.294 e. The molecule has 0 fully saturated rings. The van der Waals surface area contributed by atoms with Gasteiger partial charge < -0.3 is 0 Å². The molecule has 0 saturated heterocycles. The van der Waals surface area contributed by atoms with Crippen LogP contribution in [0.3, 0.4) is 0 Å². The van der Waals surface area contributed by atoms with Crippen LogP contribution in [0.1, 0.15) is 29.1 Å². The predicted molar refractivity (Wildman–Crippen MR) is 54.7 cm³/mol. The number of alkyl halides is 3. The number of hydrogen-bond donors (Lipinski definition) is 0. The average Bonchev–Trinajstić information content (AvgIpc) is 2.72. The third-order valence-electron chi connectivity index (χ3n) is 2.86. The molecule has 1 aliphatic carbocycles. The van der Waals surface area contributed by atoms with Gasteiger partial charge in [-0.05, 0) is 25.7 Å². The molecule has 2 heterocycles. The zero-order valence-electron chi connectivity index (χ0n) is 8.34. The molecule has 16 heavy (non-hydrogen) atoms. The lowest BCUT2D eigenvalue weighted by molar-refractivity contribution is -0.140. The van der Waals surface area contributed by atoms with Crippen molar-refractivity contribution in [3.63, 3.8) is 0 Å². The molecule has 0 unspecified atom stereocenters. The van der Waals surface area contributed by atoms with Gasteiger partial charge in [0.1, 0.15) is 0 Å². The van der Waals surface area contributed by atoms with Gasteiger partial charge in [-0.3, -0.25) is 4.40 Å². The van der Waals surface area contributed by atoms with Crippen LogP contribution in [0, 0.1) is 0 Å². The van der Waals surface area contributed by atoms with Gasteiger partial charge in [0.15, 0.2) is 10.7 Å². The Bertz CT molecular complexity index is 538. The van der Waals surface area contributed by atoms with Crippen molar-refractivity contribution in [2.75, 3.05) is 0 Å². The number of aromatic nitrogens is 2. The highest BCUT2D eigenvalue weighted by atomic mass is 32.1. The summed E-state index contributed by atoms with van der Waals surface area (Å²) in [5.41, 5.74) is 0.237. The highest BCUT2D eigenvalue weighted by Crippen LogP contribution is 2.34. The first kappa shape index (κ1) is 10.1. The Morgan fingerprint density at radius 2 is 2.00 bits per heavy atom. The summed E-state index contributed by atoms with van der Waals surface area (Å²) in [6, 6.07) is 0. The molecule has 0 bridgehead atoms. The molecule has 0 aromatic carbocycles. The highest BCUT2D eigenvalue weighted by molar-refractivity contribution is 7.17. The zero-order valence-corrected chi connectivity index (χ0v) is 9.16. The molecular formula is C10H9F3N2S. The first-order valence-electron chi connectivity index (χ1n) is 5.12. The average molecular weight is 246 g/mol. The summed E-state index contributed by atoms with van der Waals surface area (Å²) in [6.45, 7) is 0. The van der Waals surface area contributed by atoms with Crippen LogP contribution in [0.15, 0.2) is 6.20 Å². The van der Waals surface area contributed by atoms with E-state index in [1.54, 1.807) is 4.40 Å². The molecule has 0 aliphatic heterocycles. The van der Waals surface area contributed by atoms with Crippen molar-refractivity contribution in [1.82, 2.24) is 9.38 Å². The molecule has 0 spiro atoms. The molecular weight excluding hydrogens is 237 g/mol. The maximum atomic E-state index is 12.5. The second-order valence-corrected chi connectivity index (χ2v) is 5.02. The summed E-state index contributed by atoms with van der Waals surface area (Å²) in [5.74, 6) is 0. The smallest absolute Gasteiger partial charge is 0.294 e. The first-order chi connectivity index (χ1) is 7.55. The summed E-state index contributed by atoms with van der Waals surface area (Å²) >= 11 is 1.39. The van der Waals surface area contributed by atoms with E-state index in [2.05, 4.69) is 4.98 Å². The fourth-order valence-electron chi connectivity index (χ4n) is 2.10. The van der Waals surface area contributed by atoms with E-state index in [9.17, 15) is 13.2 Å². The lowest BCUT2D eigenvalue weighted by Crippen LogP contribution is -2.06. The lowest BCUT2D eigenvalue weighted by Gasteiger charge is -2.09. The summed E-state index contributed by atoms with van der Waals surface area (Å²) in [6.07, 6.45) is 0.804. The minimum atomic E-state index is -4.34.